The molecule has 0 bridgehead atoms. The Bertz CT molecular complexity index is 2790. The maximum Gasteiger partial charge on any atom is 0.322 e. The molecule has 11 atom stereocenters. The smallest absolute Gasteiger partial charge is 0.322 e. The van der Waals surface area contributed by atoms with E-state index in [9.17, 15) is 63.0 Å². The van der Waals surface area contributed by atoms with Crippen molar-refractivity contribution < 1.29 is 63.0 Å². The van der Waals surface area contributed by atoms with E-state index in [1.807, 2.05) is 0 Å². The number of nitrogens with one attached hydrogen (secondary N) is 8. The Labute approximate surface area is 575 Å². The molecule has 2 rings (SSSR count). The standard InChI is InChI=1S/C58H110N28O13/c1-32(87)43(61)53(99)86-30-12-21-41(86)51(97)84-39(19-10-28-76-58(70)71)52(98)85-29-11-20-40(85)50(96)83-38(18-9-27-75-57(68)69)49(95)82-37(17-8-26-74-56(66)67)48(94)81-36(16-7-25-73-55(64)65)47(93)80-35(14-3-5-23-60)46(92)79-34(13-2-4-22-59)45(91)78-33(15-6-24-72-54(62)63)44(90)77-31-42(88)89/h32-41,43,87H,2-31,59-61H2,1H3,(H,77,90)(H,78,91)(H,79,92)(H,80,93)(H,81,94)(H,82,95)(H,83,96)(H,84,97)(H,88,89)(H4,62,63,72)(H4,64,65,73)(H4,66,67,74)(H4,68,69,75)(H4,70,71,76)/t32-,33+,34+,35+,36+,37+,38+,39+,40+,41+,43+/m1/s1. The van der Waals surface area contributed by atoms with E-state index < -0.39 is 138 Å². The van der Waals surface area contributed by atoms with Crippen LogP contribution in [0.5, 0.6) is 0 Å². The number of unbranched alkanes of at least 4 members (excludes halogenated alkanes) is 2. The van der Waals surface area contributed by atoms with Gasteiger partial charge < -0.3 is 137 Å². The van der Waals surface area contributed by atoms with Gasteiger partial charge in [-0.05, 0) is 148 Å². The highest BCUT2D eigenvalue weighted by Gasteiger charge is 2.43. The second-order valence-electron chi connectivity index (χ2n) is 24.0. The number of carbonyl (C=O) groups excluding carboxylic acids is 10. The Balaban J connectivity index is 2.63. The number of guanidine groups is 5. The predicted octanol–water partition coefficient (Wildman–Crippen LogP) is -10.2. The number of aliphatic imine (C=N–C) groups is 5. The maximum absolute atomic E-state index is 14.8. The van der Waals surface area contributed by atoms with E-state index in [2.05, 4.69) is 67.5 Å². The highest BCUT2D eigenvalue weighted by atomic mass is 16.4. The van der Waals surface area contributed by atoms with E-state index in [0.717, 1.165) is 0 Å². The zero-order valence-electron chi connectivity index (χ0n) is 56.6. The number of aliphatic carboxylic acids is 1. The molecule has 0 aliphatic carbocycles. The summed E-state index contributed by atoms with van der Waals surface area (Å²) in [7, 11) is 0. The van der Waals surface area contributed by atoms with Crippen molar-refractivity contribution in [1.82, 2.24) is 52.3 Å². The van der Waals surface area contributed by atoms with Gasteiger partial charge in [0.05, 0.1) is 6.10 Å². The Morgan fingerprint density at radius 2 is 0.677 bits per heavy atom. The molecule has 0 spiro atoms. The molecule has 10 amide bonds. The first-order valence-corrected chi connectivity index (χ1v) is 33.3. The van der Waals surface area contributed by atoms with Gasteiger partial charge in [0.1, 0.15) is 67.0 Å². The summed E-state index contributed by atoms with van der Waals surface area (Å²) in [4.78, 5) is 176. The first kappa shape index (κ1) is 85.4. The van der Waals surface area contributed by atoms with Crippen LogP contribution in [0.3, 0.4) is 0 Å². The minimum Gasteiger partial charge on any atom is -0.480 e. The predicted molar refractivity (Wildman–Crippen MR) is 369 cm³/mol. The fourth-order valence-electron chi connectivity index (χ4n) is 10.8. The first-order valence-electron chi connectivity index (χ1n) is 33.3. The van der Waals surface area contributed by atoms with Gasteiger partial charge in [0.2, 0.25) is 59.1 Å². The van der Waals surface area contributed by atoms with Crippen molar-refractivity contribution in [1.29, 1.82) is 0 Å². The average molecular weight is 1410 g/mol. The van der Waals surface area contributed by atoms with Gasteiger partial charge in [-0.1, -0.05) is 0 Å². The van der Waals surface area contributed by atoms with Gasteiger partial charge in [0.15, 0.2) is 29.8 Å². The third-order valence-electron chi connectivity index (χ3n) is 15.9. The number of carboxylic acid groups (broad SMARTS) is 1. The third kappa shape index (κ3) is 33.4. The Morgan fingerprint density at radius 1 is 0.404 bits per heavy atom. The number of nitrogens with zero attached hydrogens (tertiary/aromatic N) is 7. The summed E-state index contributed by atoms with van der Waals surface area (Å²) in [5.74, 6) is -10.7. The lowest BCUT2D eigenvalue weighted by Gasteiger charge is -2.32. The molecule has 99 heavy (non-hydrogen) atoms. The molecule has 0 aromatic carbocycles. The largest absolute Gasteiger partial charge is 0.480 e. The normalized spacial score (nSPS) is 16.7. The van der Waals surface area contributed by atoms with Crippen molar-refractivity contribution in [3.8, 4) is 0 Å². The van der Waals surface area contributed by atoms with Crippen LogP contribution in [0.1, 0.15) is 135 Å². The van der Waals surface area contributed by atoms with E-state index in [1.165, 1.54) is 16.7 Å². The second kappa shape index (κ2) is 46.5. The van der Waals surface area contributed by atoms with Crippen LogP contribution >= 0.6 is 0 Å². The third-order valence-corrected chi connectivity index (χ3v) is 15.9. The molecule has 2 fully saturated rings. The van der Waals surface area contributed by atoms with Crippen LogP contribution in [0.25, 0.3) is 0 Å². The van der Waals surface area contributed by atoms with Crippen molar-refractivity contribution in [3.63, 3.8) is 0 Å². The fraction of sp³-hybridized carbons (Fsp3) is 0.724. The highest BCUT2D eigenvalue weighted by Crippen LogP contribution is 2.23. The number of aliphatic hydroxyl groups excluding tert-OH is 1. The van der Waals surface area contributed by atoms with Gasteiger partial charge in [0.25, 0.3) is 0 Å². The van der Waals surface area contributed by atoms with Crippen LogP contribution in [-0.4, -0.2) is 247 Å². The lowest BCUT2D eigenvalue weighted by Crippen LogP contribution is -2.60. The molecule has 0 saturated carbocycles. The fourth-order valence-corrected chi connectivity index (χ4v) is 10.8. The molecular formula is C58H110N28O13. The van der Waals surface area contributed by atoms with Crippen LogP contribution in [0, 0.1) is 0 Å². The van der Waals surface area contributed by atoms with Crippen molar-refractivity contribution >= 4 is 94.8 Å². The van der Waals surface area contributed by atoms with E-state index in [-0.39, 0.29) is 185 Å². The van der Waals surface area contributed by atoms with Crippen molar-refractivity contribution in [2.75, 3.05) is 65.4 Å². The molecule has 2 aliphatic rings. The van der Waals surface area contributed by atoms with E-state index in [1.54, 1.807) is 0 Å². The second-order valence-corrected chi connectivity index (χ2v) is 24.0. The number of carboxylic acids is 1. The van der Waals surface area contributed by atoms with Crippen LogP contribution in [-0.2, 0) is 52.7 Å². The molecule has 41 nitrogen and oxygen atoms in total. The number of hydrogen-bond acceptors (Lipinski definition) is 20. The Kier molecular flexibility index (Phi) is 40.2. The Hall–Kier alpha value is -9.64. The summed E-state index contributed by atoms with van der Waals surface area (Å²) in [6.07, 6.45) is 1.21. The quantitative estimate of drug-likeness (QED) is 0.0153. The average Bonchev–Trinajstić information content (AvgIpc) is 1.73. The minimum atomic E-state index is -1.50. The molecule has 0 unspecified atom stereocenters. The highest BCUT2D eigenvalue weighted by molar-refractivity contribution is 5.99. The van der Waals surface area contributed by atoms with Crippen molar-refractivity contribution in [2.45, 2.75) is 202 Å². The number of likely N-dealkylation sites (tertiary alicyclic amines) is 2. The van der Waals surface area contributed by atoms with Gasteiger partial charge in [-0.25, -0.2) is 0 Å². The number of hydrogen-bond donors (Lipinski definition) is 23. The van der Waals surface area contributed by atoms with E-state index >= 15 is 0 Å². The SMILES string of the molecule is C[C@@H](O)[C@H](N)C(=O)N1CCC[C@H]1C(=O)N[C@@H](CCCN=C(N)N)C(=O)N1CCC[C@H]1C(=O)N[C@@H](CCCN=C(N)N)C(=O)N[C@@H](CCCN=C(N)N)C(=O)N[C@@H](CCCN=C(N)N)C(=O)N[C@@H](CCCCN)C(=O)N[C@@H](CCCCN)C(=O)N[C@@H](CCCN=C(N)N)C(=O)NCC(=O)O. The molecule has 41 heteroatoms. The minimum absolute atomic E-state index is 0.00446. The summed E-state index contributed by atoms with van der Waals surface area (Å²) in [6, 6.07) is -13.3. The zero-order valence-corrected chi connectivity index (χ0v) is 56.6. The van der Waals surface area contributed by atoms with E-state index in [0.29, 0.717) is 32.1 Å². The number of nitrogens with two attached hydrogens (primary N) is 13. The summed E-state index contributed by atoms with van der Waals surface area (Å²) in [5, 5.41) is 40.4. The molecule has 2 aliphatic heterocycles. The van der Waals surface area contributed by atoms with Crippen molar-refractivity contribution in [2.24, 2.45) is 99.5 Å². The molecule has 560 valence electrons. The number of rotatable bonds is 48. The van der Waals surface area contributed by atoms with Crippen LogP contribution in [0.2, 0.25) is 0 Å². The number of amides is 10. The van der Waals surface area contributed by atoms with Crippen LogP contribution in [0.15, 0.2) is 25.0 Å². The monoisotopic (exact) mass is 1410 g/mol. The summed E-state index contributed by atoms with van der Waals surface area (Å²) >= 11 is 0. The van der Waals surface area contributed by atoms with Crippen LogP contribution < -0.4 is 117 Å². The molecular weight excluding hydrogens is 1300 g/mol. The van der Waals surface area contributed by atoms with Gasteiger partial charge >= 0.3 is 5.97 Å². The Morgan fingerprint density at radius 3 is 0.970 bits per heavy atom. The molecule has 0 radical (unpaired) electrons. The number of aliphatic hydroxyl groups is 1. The molecule has 0 aromatic rings. The number of carbonyl (C=O) groups is 11. The zero-order chi connectivity index (χ0) is 74.1. The molecule has 2 heterocycles. The molecule has 2 saturated heterocycles. The summed E-state index contributed by atoms with van der Waals surface area (Å²) in [6.45, 7) is 1.23. The lowest BCUT2D eigenvalue weighted by atomic mass is 10.0. The maximum atomic E-state index is 14.8. The molecule has 0 aromatic heterocycles. The van der Waals surface area contributed by atoms with E-state index in [4.69, 9.17) is 74.5 Å². The first-order chi connectivity index (χ1) is 46.9. The summed E-state index contributed by atoms with van der Waals surface area (Å²) in [5.41, 5.74) is 73.2. The molecule has 36 N–H and O–H groups in total. The van der Waals surface area contributed by atoms with Crippen LogP contribution in [0.4, 0.5) is 0 Å². The summed E-state index contributed by atoms with van der Waals surface area (Å²) < 4.78 is 0. The van der Waals surface area contributed by atoms with Gasteiger partial charge in [-0.15, -0.1) is 0 Å². The van der Waals surface area contributed by atoms with Crippen molar-refractivity contribution in [3.05, 3.63) is 0 Å². The lowest BCUT2D eigenvalue weighted by molar-refractivity contribution is -0.144. The van der Waals surface area contributed by atoms with Gasteiger partial charge in [-0.3, -0.25) is 77.7 Å². The van der Waals surface area contributed by atoms with Gasteiger partial charge in [0, 0.05) is 45.8 Å². The van der Waals surface area contributed by atoms with Gasteiger partial charge in [-0.2, -0.15) is 0 Å². The topological polar surface area (TPSA) is 731 Å².